The van der Waals surface area contributed by atoms with Crippen molar-refractivity contribution in [3.8, 4) is 17.3 Å². The normalized spacial score (nSPS) is 18.2. The van der Waals surface area contributed by atoms with Crippen molar-refractivity contribution in [1.82, 2.24) is 15.2 Å². The number of aromatic nitrogens is 3. The van der Waals surface area contributed by atoms with Crippen LogP contribution < -0.4 is 5.73 Å². The summed E-state index contributed by atoms with van der Waals surface area (Å²) in [7, 11) is 0. The van der Waals surface area contributed by atoms with Gasteiger partial charge in [-0.3, -0.25) is 4.98 Å². The molecule has 0 amide bonds. The standard InChI is InChI=1S/C19H23N5O2/c1-19(2)8-14-18(16(25)9-19)17(13-4-3-6-22-24-13)12(10-21)15(23-14)11-26-7-5-20/h3-4,6,16,25H,5,7-9,11,20H2,1-2H3. The van der Waals surface area contributed by atoms with Crippen molar-refractivity contribution in [2.24, 2.45) is 11.1 Å². The van der Waals surface area contributed by atoms with E-state index in [0.717, 1.165) is 5.69 Å². The first kappa shape index (κ1) is 18.4. The summed E-state index contributed by atoms with van der Waals surface area (Å²) in [5.74, 6) is 0. The van der Waals surface area contributed by atoms with Crippen LogP contribution in [0.5, 0.6) is 0 Å². The third-order valence-electron chi connectivity index (χ3n) is 4.56. The van der Waals surface area contributed by atoms with Crippen LogP contribution >= 0.6 is 0 Å². The molecule has 0 bridgehead atoms. The lowest BCUT2D eigenvalue weighted by Gasteiger charge is -2.35. The minimum atomic E-state index is -0.704. The minimum Gasteiger partial charge on any atom is -0.388 e. The molecule has 2 heterocycles. The van der Waals surface area contributed by atoms with Gasteiger partial charge in [-0.25, -0.2) is 0 Å². The Bertz CT molecular complexity index is 830. The summed E-state index contributed by atoms with van der Waals surface area (Å²) in [5.41, 5.74) is 8.97. The van der Waals surface area contributed by atoms with Gasteiger partial charge in [0, 0.05) is 29.6 Å². The van der Waals surface area contributed by atoms with E-state index < -0.39 is 6.10 Å². The van der Waals surface area contributed by atoms with E-state index in [2.05, 4.69) is 30.1 Å². The molecule has 1 aliphatic rings. The minimum absolute atomic E-state index is 0.0808. The summed E-state index contributed by atoms with van der Waals surface area (Å²) < 4.78 is 5.53. The van der Waals surface area contributed by atoms with Gasteiger partial charge in [0.1, 0.15) is 6.07 Å². The molecule has 1 atom stereocenters. The highest BCUT2D eigenvalue weighted by Gasteiger charge is 2.36. The van der Waals surface area contributed by atoms with Crippen LogP contribution in [0.25, 0.3) is 11.3 Å². The van der Waals surface area contributed by atoms with Gasteiger partial charge in [-0.2, -0.15) is 15.5 Å². The van der Waals surface area contributed by atoms with E-state index in [1.165, 1.54) is 0 Å². The molecule has 0 fully saturated rings. The van der Waals surface area contributed by atoms with Gasteiger partial charge < -0.3 is 15.6 Å². The highest BCUT2D eigenvalue weighted by molar-refractivity contribution is 5.73. The van der Waals surface area contributed by atoms with Gasteiger partial charge in [-0.1, -0.05) is 13.8 Å². The smallest absolute Gasteiger partial charge is 0.102 e. The largest absolute Gasteiger partial charge is 0.388 e. The average molecular weight is 353 g/mol. The molecule has 1 unspecified atom stereocenters. The maximum atomic E-state index is 10.8. The second-order valence-corrected chi connectivity index (χ2v) is 7.29. The second-order valence-electron chi connectivity index (χ2n) is 7.29. The number of aliphatic hydroxyl groups excluding tert-OH is 1. The van der Waals surface area contributed by atoms with Crippen molar-refractivity contribution in [2.45, 2.75) is 39.4 Å². The van der Waals surface area contributed by atoms with Crippen LogP contribution in [-0.4, -0.2) is 33.4 Å². The van der Waals surface area contributed by atoms with Gasteiger partial charge in [0.25, 0.3) is 0 Å². The number of nitrogens with two attached hydrogens (primary N) is 1. The lowest BCUT2D eigenvalue weighted by Crippen LogP contribution is -2.28. The fourth-order valence-corrected chi connectivity index (χ4v) is 3.52. The predicted molar refractivity (Wildman–Crippen MR) is 95.8 cm³/mol. The Morgan fingerprint density at radius 1 is 1.46 bits per heavy atom. The van der Waals surface area contributed by atoms with Gasteiger partial charge in [-0.05, 0) is 30.4 Å². The summed E-state index contributed by atoms with van der Waals surface area (Å²) >= 11 is 0. The molecule has 0 spiro atoms. The topological polar surface area (TPSA) is 118 Å². The van der Waals surface area contributed by atoms with Gasteiger partial charge in [0.05, 0.1) is 36.3 Å². The van der Waals surface area contributed by atoms with Crippen molar-refractivity contribution in [3.05, 3.63) is 40.8 Å². The molecule has 2 aromatic rings. The Hall–Kier alpha value is -2.40. The van der Waals surface area contributed by atoms with E-state index in [1.54, 1.807) is 18.3 Å². The Kier molecular flexibility index (Phi) is 5.28. The maximum Gasteiger partial charge on any atom is 0.102 e. The quantitative estimate of drug-likeness (QED) is 0.788. The van der Waals surface area contributed by atoms with Gasteiger partial charge >= 0.3 is 0 Å². The average Bonchev–Trinajstić information content (AvgIpc) is 2.60. The third kappa shape index (κ3) is 3.58. The summed E-state index contributed by atoms with van der Waals surface area (Å²) in [6.45, 7) is 5.18. The molecular formula is C19H23N5O2. The second kappa shape index (κ2) is 7.46. The molecule has 3 rings (SSSR count). The summed E-state index contributed by atoms with van der Waals surface area (Å²) in [4.78, 5) is 4.69. The maximum absolute atomic E-state index is 10.8. The summed E-state index contributed by atoms with van der Waals surface area (Å²) in [6.07, 6.45) is 2.18. The van der Waals surface area contributed by atoms with Gasteiger partial charge in [0.2, 0.25) is 0 Å². The van der Waals surface area contributed by atoms with Crippen molar-refractivity contribution in [2.75, 3.05) is 13.2 Å². The molecule has 26 heavy (non-hydrogen) atoms. The van der Waals surface area contributed by atoms with Crippen molar-refractivity contribution in [3.63, 3.8) is 0 Å². The first-order valence-corrected chi connectivity index (χ1v) is 8.66. The van der Waals surface area contributed by atoms with Crippen molar-refractivity contribution in [1.29, 1.82) is 5.26 Å². The molecule has 0 aliphatic heterocycles. The molecule has 136 valence electrons. The molecule has 7 heteroatoms. The molecule has 7 nitrogen and oxygen atoms in total. The number of hydrogen-bond donors (Lipinski definition) is 2. The molecule has 1 aliphatic carbocycles. The van der Waals surface area contributed by atoms with Crippen LogP contribution in [-0.2, 0) is 17.8 Å². The van der Waals surface area contributed by atoms with E-state index in [9.17, 15) is 10.4 Å². The fraction of sp³-hybridized carbons (Fsp3) is 0.474. The van der Waals surface area contributed by atoms with E-state index in [0.29, 0.717) is 54.1 Å². The van der Waals surface area contributed by atoms with Crippen LogP contribution in [0.3, 0.4) is 0 Å². The van der Waals surface area contributed by atoms with Crippen LogP contribution in [0.2, 0.25) is 0 Å². The summed E-state index contributed by atoms with van der Waals surface area (Å²) in [6, 6.07) is 5.78. The number of nitrogens with zero attached hydrogens (tertiary/aromatic N) is 4. The Labute approximate surface area is 152 Å². The summed E-state index contributed by atoms with van der Waals surface area (Å²) in [5, 5.41) is 28.7. The molecule has 0 aromatic carbocycles. The molecule has 3 N–H and O–H groups in total. The van der Waals surface area contributed by atoms with Crippen molar-refractivity contribution >= 4 is 0 Å². The number of hydrogen-bond acceptors (Lipinski definition) is 7. The molecule has 0 radical (unpaired) electrons. The monoisotopic (exact) mass is 353 g/mol. The van der Waals surface area contributed by atoms with E-state index in [4.69, 9.17) is 15.5 Å². The molecule has 0 saturated heterocycles. The van der Waals surface area contributed by atoms with Crippen LogP contribution in [0.15, 0.2) is 18.3 Å². The first-order chi connectivity index (χ1) is 12.5. The number of aliphatic hydroxyl groups is 1. The molecular weight excluding hydrogens is 330 g/mol. The lowest BCUT2D eigenvalue weighted by molar-refractivity contribution is 0.0972. The van der Waals surface area contributed by atoms with Gasteiger partial charge in [-0.15, -0.1) is 0 Å². The highest BCUT2D eigenvalue weighted by Crippen LogP contribution is 2.45. The third-order valence-corrected chi connectivity index (χ3v) is 4.56. The fourth-order valence-electron chi connectivity index (χ4n) is 3.52. The first-order valence-electron chi connectivity index (χ1n) is 8.66. The molecule has 0 saturated carbocycles. The number of pyridine rings is 1. The van der Waals surface area contributed by atoms with Crippen LogP contribution in [0.1, 0.15) is 48.9 Å². The van der Waals surface area contributed by atoms with Gasteiger partial charge in [0.15, 0.2) is 0 Å². The Morgan fingerprint density at radius 3 is 2.92 bits per heavy atom. The predicted octanol–water partition coefficient (Wildman–Crippen LogP) is 1.89. The Balaban J connectivity index is 2.22. The number of rotatable bonds is 5. The number of fused-ring (bicyclic) bond motifs is 1. The zero-order valence-corrected chi connectivity index (χ0v) is 15.1. The molecule has 2 aromatic heterocycles. The number of nitriles is 1. The van der Waals surface area contributed by atoms with Crippen LogP contribution in [0.4, 0.5) is 0 Å². The van der Waals surface area contributed by atoms with E-state index in [1.807, 2.05) is 0 Å². The SMILES string of the molecule is CC1(C)Cc2nc(COCCN)c(C#N)c(-c3cccnn3)c2C(O)C1. The van der Waals surface area contributed by atoms with E-state index >= 15 is 0 Å². The zero-order chi connectivity index (χ0) is 18.7. The van der Waals surface area contributed by atoms with Crippen molar-refractivity contribution < 1.29 is 9.84 Å². The Morgan fingerprint density at radius 2 is 2.27 bits per heavy atom. The zero-order valence-electron chi connectivity index (χ0n) is 15.1. The van der Waals surface area contributed by atoms with E-state index in [-0.39, 0.29) is 12.0 Å². The number of ether oxygens (including phenoxy) is 1. The van der Waals surface area contributed by atoms with Crippen LogP contribution in [0, 0.1) is 16.7 Å². The lowest BCUT2D eigenvalue weighted by atomic mass is 9.73. The highest BCUT2D eigenvalue weighted by atomic mass is 16.5.